The predicted octanol–water partition coefficient (Wildman–Crippen LogP) is 3.75. The van der Waals surface area contributed by atoms with Gasteiger partial charge in [0.15, 0.2) is 0 Å². The van der Waals surface area contributed by atoms with Crippen molar-refractivity contribution in [1.82, 2.24) is 0 Å². The maximum atomic E-state index is 10.7. The fraction of sp³-hybridized carbons (Fsp3) is 0.438. The highest BCUT2D eigenvalue weighted by Gasteiger charge is 2.21. The lowest BCUT2D eigenvalue weighted by Crippen LogP contribution is -2.09. The molecule has 1 aromatic rings. The fourth-order valence-corrected chi connectivity index (χ4v) is 2.72. The lowest BCUT2D eigenvalue weighted by molar-refractivity contribution is -0.131. The number of carbonyl (C=O) groups is 1. The summed E-state index contributed by atoms with van der Waals surface area (Å²) in [7, 11) is 0. The van der Waals surface area contributed by atoms with Gasteiger partial charge in [-0.1, -0.05) is 23.8 Å². The molecule has 19 heavy (non-hydrogen) atoms. The minimum Gasteiger partial charge on any atom is -0.494 e. The van der Waals surface area contributed by atoms with Crippen molar-refractivity contribution >= 4 is 5.97 Å². The average molecular weight is 260 g/mol. The Hall–Kier alpha value is -1.77. The van der Waals surface area contributed by atoms with Crippen LogP contribution in [0, 0.1) is 0 Å². The van der Waals surface area contributed by atoms with E-state index in [2.05, 4.69) is 6.07 Å². The van der Waals surface area contributed by atoms with Crippen LogP contribution in [0.2, 0.25) is 0 Å². The van der Waals surface area contributed by atoms with Crippen molar-refractivity contribution < 1.29 is 14.6 Å². The third-order valence-electron chi connectivity index (χ3n) is 3.61. The van der Waals surface area contributed by atoms with Crippen LogP contribution in [0.25, 0.3) is 0 Å². The number of hydrogen-bond acceptors (Lipinski definition) is 2. The zero-order valence-corrected chi connectivity index (χ0v) is 11.3. The summed E-state index contributed by atoms with van der Waals surface area (Å²) in [6.45, 7) is 2.67. The molecule has 3 nitrogen and oxygen atoms in total. The van der Waals surface area contributed by atoms with Gasteiger partial charge in [-0.2, -0.15) is 0 Å². The van der Waals surface area contributed by atoms with Crippen molar-refractivity contribution in [3.63, 3.8) is 0 Å². The fourth-order valence-electron chi connectivity index (χ4n) is 2.72. The van der Waals surface area contributed by atoms with Crippen LogP contribution >= 0.6 is 0 Å². The van der Waals surface area contributed by atoms with Gasteiger partial charge in [0.1, 0.15) is 5.75 Å². The largest absolute Gasteiger partial charge is 0.494 e. The van der Waals surface area contributed by atoms with Crippen molar-refractivity contribution in [3.8, 4) is 5.75 Å². The smallest absolute Gasteiger partial charge is 0.328 e. The molecule has 3 heteroatoms. The summed E-state index contributed by atoms with van der Waals surface area (Å²) in [5, 5.41) is 8.77. The molecule has 0 heterocycles. The quantitative estimate of drug-likeness (QED) is 0.838. The topological polar surface area (TPSA) is 46.5 Å². The zero-order valence-electron chi connectivity index (χ0n) is 11.3. The SMILES string of the molecule is CCOc1ccccc1C1CCC(=CC(=O)O)CC1. The highest BCUT2D eigenvalue weighted by molar-refractivity contribution is 5.80. The number of carboxylic acids is 1. The molecule has 2 rings (SSSR count). The van der Waals surface area contributed by atoms with Gasteiger partial charge in [-0.15, -0.1) is 0 Å². The van der Waals surface area contributed by atoms with Gasteiger partial charge in [0.2, 0.25) is 0 Å². The first-order chi connectivity index (χ1) is 9.20. The summed E-state index contributed by atoms with van der Waals surface area (Å²) in [6, 6.07) is 8.18. The lowest BCUT2D eigenvalue weighted by atomic mass is 9.81. The van der Waals surface area contributed by atoms with Crippen molar-refractivity contribution in [2.45, 2.75) is 38.5 Å². The molecular weight excluding hydrogens is 240 g/mol. The number of aliphatic carboxylic acids is 1. The van der Waals surface area contributed by atoms with Crippen LogP contribution in [-0.4, -0.2) is 17.7 Å². The van der Waals surface area contributed by atoms with Crippen LogP contribution in [0.1, 0.15) is 44.1 Å². The Morgan fingerprint density at radius 1 is 1.37 bits per heavy atom. The number of hydrogen-bond donors (Lipinski definition) is 1. The minimum atomic E-state index is -0.830. The van der Waals surface area contributed by atoms with Crippen molar-refractivity contribution in [2.24, 2.45) is 0 Å². The molecule has 0 spiro atoms. The normalized spacial score (nSPS) is 19.0. The van der Waals surface area contributed by atoms with Crippen LogP contribution in [0.5, 0.6) is 5.75 Å². The van der Waals surface area contributed by atoms with Gasteiger partial charge in [0, 0.05) is 6.08 Å². The van der Waals surface area contributed by atoms with Gasteiger partial charge in [-0.3, -0.25) is 0 Å². The van der Waals surface area contributed by atoms with Crippen molar-refractivity contribution in [1.29, 1.82) is 0 Å². The second-order valence-corrected chi connectivity index (χ2v) is 4.89. The number of ether oxygens (including phenoxy) is 1. The number of para-hydroxylation sites is 1. The Labute approximate surface area is 113 Å². The van der Waals surface area contributed by atoms with Crippen LogP contribution in [0.15, 0.2) is 35.9 Å². The Morgan fingerprint density at radius 3 is 2.68 bits per heavy atom. The monoisotopic (exact) mass is 260 g/mol. The van der Waals surface area contributed by atoms with Gasteiger partial charge in [-0.05, 0) is 50.2 Å². The van der Waals surface area contributed by atoms with Gasteiger partial charge < -0.3 is 9.84 Å². The van der Waals surface area contributed by atoms with E-state index in [9.17, 15) is 4.79 Å². The molecule has 1 aliphatic rings. The summed E-state index contributed by atoms with van der Waals surface area (Å²) >= 11 is 0. The predicted molar refractivity (Wildman–Crippen MR) is 74.5 cm³/mol. The molecule has 0 unspecified atom stereocenters. The maximum Gasteiger partial charge on any atom is 0.328 e. The summed E-state index contributed by atoms with van der Waals surface area (Å²) in [6.07, 6.45) is 5.12. The molecule has 1 aliphatic carbocycles. The Morgan fingerprint density at radius 2 is 2.05 bits per heavy atom. The average Bonchev–Trinajstić information content (AvgIpc) is 2.40. The Balaban J connectivity index is 2.07. The Bertz CT molecular complexity index is 467. The van der Waals surface area contributed by atoms with Crippen LogP contribution in [0.3, 0.4) is 0 Å². The Kier molecular flexibility index (Phi) is 4.61. The number of carboxylic acid groups (broad SMARTS) is 1. The molecule has 1 fully saturated rings. The second-order valence-electron chi connectivity index (χ2n) is 4.89. The zero-order chi connectivity index (χ0) is 13.7. The maximum absolute atomic E-state index is 10.7. The van der Waals surface area contributed by atoms with E-state index < -0.39 is 5.97 Å². The van der Waals surface area contributed by atoms with E-state index in [1.54, 1.807) is 0 Å². The van der Waals surface area contributed by atoms with E-state index in [1.165, 1.54) is 11.6 Å². The van der Waals surface area contributed by atoms with E-state index in [1.807, 2.05) is 25.1 Å². The molecule has 1 aromatic carbocycles. The van der Waals surface area contributed by atoms with Crippen LogP contribution in [-0.2, 0) is 4.79 Å². The molecule has 102 valence electrons. The molecule has 1 N–H and O–H groups in total. The summed E-state index contributed by atoms with van der Waals surface area (Å²) in [4.78, 5) is 10.7. The van der Waals surface area contributed by atoms with E-state index in [-0.39, 0.29) is 0 Å². The van der Waals surface area contributed by atoms with E-state index in [4.69, 9.17) is 9.84 Å². The summed E-state index contributed by atoms with van der Waals surface area (Å²) in [5.41, 5.74) is 2.32. The van der Waals surface area contributed by atoms with Crippen molar-refractivity contribution in [2.75, 3.05) is 6.61 Å². The molecule has 0 aliphatic heterocycles. The molecule has 0 radical (unpaired) electrons. The van der Waals surface area contributed by atoms with Crippen molar-refractivity contribution in [3.05, 3.63) is 41.5 Å². The minimum absolute atomic E-state index is 0.480. The van der Waals surface area contributed by atoms with E-state index in [0.29, 0.717) is 12.5 Å². The van der Waals surface area contributed by atoms with Crippen LogP contribution in [0.4, 0.5) is 0 Å². The summed E-state index contributed by atoms with van der Waals surface area (Å²) in [5.74, 6) is 0.623. The van der Waals surface area contributed by atoms with E-state index in [0.717, 1.165) is 37.0 Å². The standard InChI is InChI=1S/C16H20O3/c1-2-19-15-6-4-3-5-14(15)13-9-7-12(8-10-13)11-16(17)18/h3-6,11,13H,2,7-10H2,1H3,(H,17,18). The molecular formula is C16H20O3. The first-order valence-corrected chi connectivity index (χ1v) is 6.84. The highest BCUT2D eigenvalue weighted by Crippen LogP contribution is 2.39. The highest BCUT2D eigenvalue weighted by atomic mass is 16.5. The lowest BCUT2D eigenvalue weighted by Gasteiger charge is -2.25. The van der Waals surface area contributed by atoms with Gasteiger partial charge in [0.05, 0.1) is 6.61 Å². The summed E-state index contributed by atoms with van der Waals surface area (Å²) < 4.78 is 5.67. The molecule has 0 atom stereocenters. The van der Waals surface area contributed by atoms with Crippen LogP contribution < -0.4 is 4.74 Å². The second kappa shape index (κ2) is 6.41. The molecule has 0 amide bonds. The number of allylic oxidation sites excluding steroid dienone is 1. The molecule has 1 saturated carbocycles. The molecule has 0 aromatic heterocycles. The number of benzene rings is 1. The van der Waals surface area contributed by atoms with Gasteiger partial charge in [0.25, 0.3) is 0 Å². The first-order valence-electron chi connectivity index (χ1n) is 6.84. The van der Waals surface area contributed by atoms with Gasteiger partial charge >= 0.3 is 5.97 Å². The van der Waals surface area contributed by atoms with Gasteiger partial charge in [-0.25, -0.2) is 4.79 Å². The third kappa shape index (κ3) is 3.60. The number of rotatable bonds is 4. The third-order valence-corrected chi connectivity index (χ3v) is 3.61. The molecule has 0 bridgehead atoms. The molecule has 0 saturated heterocycles. The van der Waals surface area contributed by atoms with E-state index >= 15 is 0 Å². The first kappa shape index (κ1) is 13.7.